The van der Waals surface area contributed by atoms with E-state index in [0.717, 1.165) is 25.8 Å². The van der Waals surface area contributed by atoms with Crippen molar-refractivity contribution in [2.45, 2.75) is 45.3 Å². The Kier molecular flexibility index (Phi) is 5.77. The van der Waals surface area contributed by atoms with Gasteiger partial charge in [0, 0.05) is 20.1 Å². The normalized spacial score (nSPS) is 26.7. The lowest BCUT2D eigenvalue weighted by Gasteiger charge is -2.14. The summed E-state index contributed by atoms with van der Waals surface area (Å²) in [7, 11) is 1.67. The minimum atomic E-state index is -0.182. The highest BCUT2D eigenvalue weighted by molar-refractivity contribution is 5.76. The van der Waals surface area contributed by atoms with Gasteiger partial charge in [0.1, 0.15) is 6.04 Å². The molecule has 1 rings (SSSR count). The number of nitrogens with one attached hydrogen (secondary N) is 1. The van der Waals surface area contributed by atoms with Crippen LogP contribution in [0.15, 0.2) is 0 Å². The molecule has 1 fully saturated rings. The third-order valence-electron chi connectivity index (χ3n) is 3.00. The van der Waals surface area contributed by atoms with Gasteiger partial charge in [-0.3, -0.25) is 4.79 Å². The van der Waals surface area contributed by atoms with Crippen molar-refractivity contribution in [2.24, 2.45) is 5.92 Å². The van der Waals surface area contributed by atoms with Gasteiger partial charge in [0.2, 0.25) is 0 Å². The number of hydrogen-bond donors (Lipinski definition) is 1. The van der Waals surface area contributed by atoms with E-state index < -0.39 is 0 Å². The standard InChI is InChI=1S/C12H23NO3/c1-4-5-9(2)8-16-12(14)11-6-10(15-3)7-13-11/h9-11,13H,4-8H2,1-3H3. The van der Waals surface area contributed by atoms with Gasteiger partial charge in [-0.1, -0.05) is 20.3 Å². The lowest BCUT2D eigenvalue weighted by atomic mass is 10.1. The molecule has 0 saturated carbocycles. The summed E-state index contributed by atoms with van der Waals surface area (Å²) in [6.07, 6.45) is 3.10. The lowest BCUT2D eigenvalue weighted by molar-refractivity contribution is -0.147. The Hall–Kier alpha value is -0.610. The van der Waals surface area contributed by atoms with Crippen molar-refractivity contribution in [3.05, 3.63) is 0 Å². The summed E-state index contributed by atoms with van der Waals surface area (Å²) in [5.74, 6) is 0.316. The topological polar surface area (TPSA) is 47.6 Å². The number of carbonyl (C=O) groups is 1. The van der Waals surface area contributed by atoms with Crippen LogP contribution in [0.4, 0.5) is 0 Å². The van der Waals surface area contributed by atoms with Crippen LogP contribution in [0.25, 0.3) is 0 Å². The summed E-state index contributed by atoms with van der Waals surface area (Å²) in [5, 5.41) is 3.11. The highest BCUT2D eigenvalue weighted by atomic mass is 16.5. The molecule has 0 aromatic carbocycles. The Morgan fingerprint density at radius 2 is 2.31 bits per heavy atom. The molecule has 1 aliphatic heterocycles. The van der Waals surface area contributed by atoms with Gasteiger partial charge in [-0.15, -0.1) is 0 Å². The molecule has 3 unspecified atom stereocenters. The smallest absolute Gasteiger partial charge is 0.323 e. The van der Waals surface area contributed by atoms with E-state index in [0.29, 0.717) is 12.5 Å². The summed E-state index contributed by atoms with van der Waals surface area (Å²) in [4.78, 5) is 11.7. The maximum atomic E-state index is 11.7. The van der Waals surface area contributed by atoms with Gasteiger partial charge in [-0.25, -0.2) is 0 Å². The third kappa shape index (κ3) is 4.10. The third-order valence-corrected chi connectivity index (χ3v) is 3.00. The van der Waals surface area contributed by atoms with Crippen LogP contribution in [0.3, 0.4) is 0 Å². The Labute approximate surface area is 97.7 Å². The predicted molar refractivity (Wildman–Crippen MR) is 62.2 cm³/mol. The van der Waals surface area contributed by atoms with E-state index in [9.17, 15) is 4.79 Å². The van der Waals surface area contributed by atoms with Gasteiger partial charge in [0.15, 0.2) is 0 Å². The van der Waals surface area contributed by atoms with Crippen LogP contribution in [0.1, 0.15) is 33.1 Å². The molecule has 0 aromatic heterocycles. The molecule has 1 N–H and O–H groups in total. The number of methoxy groups -OCH3 is 1. The van der Waals surface area contributed by atoms with E-state index in [1.54, 1.807) is 7.11 Å². The molecule has 94 valence electrons. The lowest BCUT2D eigenvalue weighted by Crippen LogP contribution is -2.33. The van der Waals surface area contributed by atoms with Crippen molar-refractivity contribution in [2.75, 3.05) is 20.3 Å². The Balaban J connectivity index is 2.20. The Morgan fingerprint density at radius 1 is 1.56 bits per heavy atom. The van der Waals surface area contributed by atoms with Crippen LogP contribution in [0.5, 0.6) is 0 Å². The Bertz CT molecular complexity index is 220. The van der Waals surface area contributed by atoms with Crippen molar-refractivity contribution in [3.8, 4) is 0 Å². The van der Waals surface area contributed by atoms with Crippen molar-refractivity contribution >= 4 is 5.97 Å². The largest absolute Gasteiger partial charge is 0.464 e. The van der Waals surface area contributed by atoms with Crippen molar-refractivity contribution < 1.29 is 14.3 Å². The van der Waals surface area contributed by atoms with E-state index >= 15 is 0 Å². The number of rotatable bonds is 6. The summed E-state index contributed by atoms with van der Waals surface area (Å²) >= 11 is 0. The SMILES string of the molecule is CCCC(C)COC(=O)C1CC(OC)CN1. The van der Waals surface area contributed by atoms with Crippen molar-refractivity contribution in [1.29, 1.82) is 0 Å². The maximum absolute atomic E-state index is 11.7. The van der Waals surface area contributed by atoms with Crippen molar-refractivity contribution in [3.63, 3.8) is 0 Å². The molecule has 0 aromatic rings. The minimum absolute atomic E-state index is 0.137. The van der Waals surface area contributed by atoms with E-state index in [1.165, 1.54) is 0 Å². The molecule has 4 heteroatoms. The van der Waals surface area contributed by atoms with Crippen LogP contribution in [0, 0.1) is 5.92 Å². The average Bonchev–Trinajstić information content (AvgIpc) is 2.75. The van der Waals surface area contributed by atoms with E-state index in [4.69, 9.17) is 9.47 Å². The summed E-state index contributed by atoms with van der Waals surface area (Å²) in [5.41, 5.74) is 0. The molecule has 0 spiro atoms. The quantitative estimate of drug-likeness (QED) is 0.698. The summed E-state index contributed by atoms with van der Waals surface area (Å²) in [6.45, 7) is 5.51. The van der Waals surface area contributed by atoms with Gasteiger partial charge < -0.3 is 14.8 Å². The molecule has 0 aliphatic carbocycles. The van der Waals surface area contributed by atoms with Gasteiger partial charge in [-0.05, 0) is 12.3 Å². The number of carbonyl (C=O) groups excluding carboxylic acids is 1. The molecule has 1 aliphatic rings. The maximum Gasteiger partial charge on any atom is 0.323 e. The highest BCUT2D eigenvalue weighted by Crippen LogP contribution is 2.12. The molecule has 1 saturated heterocycles. The fraction of sp³-hybridized carbons (Fsp3) is 0.917. The predicted octanol–water partition coefficient (Wildman–Crippen LogP) is 1.34. The fourth-order valence-electron chi connectivity index (χ4n) is 1.96. The molecule has 1 heterocycles. The molecule has 16 heavy (non-hydrogen) atoms. The first-order valence-electron chi connectivity index (χ1n) is 6.10. The molecule has 0 amide bonds. The first-order chi connectivity index (χ1) is 7.67. The molecular formula is C12H23NO3. The molecule has 0 radical (unpaired) electrons. The first-order valence-corrected chi connectivity index (χ1v) is 6.10. The number of esters is 1. The van der Waals surface area contributed by atoms with Crippen LogP contribution >= 0.6 is 0 Å². The zero-order valence-corrected chi connectivity index (χ0v) is 10.5. The second-order valence-electron chi connectivity index (χ2n) is 4.58. The van der Waals surface area contributed by atoms with Gasteiger partial charge >= 0.3 is 5.97 Å². The van der Waals surface area contributed by atoms with E-state index in [1.807, 2.05) is 0 Å². The van der Waals surface area contributed by atoms with E-state index in [-0.39, 0.29) is 18.1 Å². The zero-order chi connectivity index (χ0) is 12.0. The zero-order valence-electron chi connectivity index (χ0n) is 10.5. The summed E-state index contributed by atoms with van der Waals surface area (Å²) in [6, 6.07) is -0.182. The molecule has 3 atom stereocenters. The van der Waals surface area contributed by atoms with Crippen LogP contribution in [-0.4, -0.2) is 38.4 Å². The van der Waals surface area contributed by atoms with Crippen molar-refractivity contribution in [1.82, 2.24) is 5.32 Å². The molecule has 0 bridgehead atoms. The highest BCUT2D eigenvalue weighted by Gasteiger charge is 2.30. The van der Waals surface area contributed by atoms with Crippen LogP contribution in [0.2, 0.25) is 0 Å². The molecule has 4 nitrogen and oxygen atoms in total. The monoisotopic (exact) mass is 229 g/mol. The molecular weight excluding hydrogens is 206 g/mol. The number of ether oxygens (including phenoxy) is 2. The van der Waals surface area contributed by atoms with E-state index in [2.05, 4.69) is 19.2 Å². The average molecular weight is 229 g/mol. The van der Waals surface area contributed by atoms with Gasteiger partial charge in [0.05, 0.1) is 12.7 Å². The fourth-order valence-corrected chi connectivity index (χ4v) is 1.96. The Morgan fingerprint density at radius 3 is 2.88 bits per heavy atom. The van der Waals surface area contributed by atoms with Gasteiger partial charge in [0.25, 0.3) is 0 Å². The minimum Gasteiger partial charge on any atom is -0.464 e. The van der Waals surface area contributed by atoms with Gasteiger partial charge in [-0.2, -0.15) is 0 Å². The second-order valence-corrected chi connectivity index (χ2v) is 4.58. The van der Waals surface area contributed by atoms with Crippen LogP contribution in [-0.2, 0) is 14.3 Å². The number of hydrogen-bond acceptors (Lipinski definition) is 4. The second kappa shape index (κ2) is 6.86. The van der Waals surface area contributed by atoms with Crippen LogP contribution < -0.4 is 5.32 Å². The first kappa shape index (κ1) is 13.5. The summed E-state index contributed by atoms with van der Waals surface area (Å²) < 4.78 is 10.5.